The van der Waals surface area contributed by atoms with Crippen LogP contribution in [-0.2, 0) is 12.8 Å². The average Bonchev–Trinajstić information content (AvgIpc) is 2.91. The van der Waals surface area contributed by atoms with E-state index in [0.29, 0.717) is 6.42 Å². The molecule has 2 rings (SSSR count). The topological polar surface area (TPSA) is 25.2 Å². The summed E-state index contributed by atoms with van der Waals surface area (Å²) in [5.41, 5.74) is 0.752. The monoisotopic (exact) mass is 261 g/mol. The van der Waals surface area contributed by atoms with Gasteiger partial charge in [-0.25, -0.2) is 4.39 Å². The molecule has 0 bridgehead atoms. The number of hydrogen-bond acceptors (Lipinski definition) is 2. The first kappa shape index (κ1) is 13.8. The highest BCUT2D eigenvalue weighted by Crippen LogP contribution is 2.13. The third-order valence-corrected chi connectivity index (χ3v) is 3.13. The fourth-order valence-corrected chi connectivity index (χ4v) is 2.17. The fourth-order valence-electron chi connectivity index (χ4n) is 2.17. The molecular weight excluding hydrogens is 241 g/mol. The van der Waals surface area contributed by atoms with E-state index in [1.165, 1.54) is 6.07 Å². The first-order valence-corrected chi connectivity index (χ1v) is 6.78. The third kappa shape index (κ3) is 4.21. The molecule has 2 aromatic rings. The zero-order chi connectivity index (χ0) is 13.5. The number of hydrogen-bond donors (Lipinski definition) is 1. The van der Waals surface area contributed by atoms with Crippen molar-refractivity contribution in [3.05, 3.63) is 59.8 Å². The van der Waals surface area contributed by atoms with Crippen LogP contribution in [0.2, 0.25) is 0 Å². The SMILES string of the molecule is CCCNC(Cc1ccco1)Cc1ccccc1F. The van der Waals surface area contributed by atoms with Crippen LogP contribution in [0.4, 0.5) is 4.39 Å². The molecule has 1 heterocycles. The lowest BCUT2D eigenvalue weighted by atomic mass is 10.0. The molecule has 0 aliphatic heterocycles. The van der Waals surface area contributed by atoms with Crippen molar-refractivity contribution < 1.29 is 8.81 Å². The maximum absolute atomic E-state index is 13.7. The van der Waals surface area contributed by atoms with Crippen LogP contribution in [0, 0.1) is 5.82 Å². The molecule has 2 nitrogen and oxygen atoms in total. The molecule has 1 unspecified atom stereocenters. The Labute approximate surface area is 113 Å². The van der Waals surface area contributed by atoms with Gasteiger partial charge in [0, 0.05) is 12.5 Å². The average molecular weight is 261 g/mol. The maximum Gasteiger partial charge on any atom is 0.126 e. The number of nitrogens with one attached hydrogen (secondary N) is 1. The van der Waals surface area contributed by atoms with Crippen LogP contribution in [0.15, 0.2) is 47.1 Å². The molecule has 0 aliphatic carbocycles. The van der Waals surface area contributed by atoms with E-state index in [2.05, 4.69) is 12.2 Å². The summed E-state index contributed by atoms with van der Waals surface area (Å²) < 4.78 is 19.1. The minimum Gasteiger partial charge on any atom is -0.469 e. The zero-order valence-electron chi connectivity index (χ0n) is 11.2. The van der Waals surface area contributed by atoms with Crippen molar-refractivity contribution in [3.63, 3.8) is 0 Å². The van der Waals surface area contributed by atoms with Gasteiger partial charge in [-0.1, -0.05) is 25.1 Å². The van der Waals surface area contributed by atoms with Crippen molar-refractivity contribution in [2.24, 2.45) is 0 Å². The van der Waals surface area contributed by atoms with Crippen LogP contribution >= 0.6 is 0 Å². The molecule has 0 amide bonds. The van der Waals surface area contributed by atoms with E-state index < -0.39 is 0 Å². The van der Waals surface area contributed by atoms with Crippen molar-refractivity contribution in [1.29, 1.82) is 0 Å². The lowest BCUT2D eigenvalue weighted by molar-refractivity contribution is 0.434. The van der Waals surface area contributed by atoms with Gasteiger partial charge in [-0.2, -0.15) is 0 Å². The largest absolute Gasteiger partial charge is 0.469 e. The summed E-state index contributed by atoms with van der Waals surface area (Å²) >= 11 is 0. The second kappa shape index (κ2) is 7.10. The second-order valence-corrected chi connectivity index (χ2v) is 4.73. The molecule has 0 saturated carbocycles. The summed E-state index contributed by atoms with van der Waals surface area (Å²) in [6, 6.07) is 11.0. The molecule has 0 radical (unpaired) electrons. The summed E-state index contributed by atoms with van der Waals surface area (Å²) in [6.07, 6.45) is 4.19. The molecule has 1 aromatic heterocycles. The normalized spacial score (nSPS) is 12.5. The van der Waals surface area contributed by atoms with Crippen molar-refractivity contribution in [1.82, 2.24) is 5.32 Å². The van der Waals surface area contributed by atoms with Gasteiger partial charge in [0.05, 0.1) is 6.26 Å². The molecule has 3 heteroatoms. The van der Waals surface area contributed by atoms with Crippen LogP contribution in [0.25, 0.3) is 0 Å². The van der Waals surface area contributed by atoms with Gasteiger partial charge >= 0.3 is 0 Å². The van der Waals surface area contributed by atoms with Gasteiger partial charge in [0.25, 0.3) is 0 Å². The Morgan fingerprint density at radius 2 is 2.00 bits per heavy atom. The van der Waals surface area contributed by atoms with Crippen LogP contribution < -0.4 is 5.32 Å². The van der Waals surface area contributed by atoms with Gasteiger partial charge in [0.15, 0.2) is 0 Å². The molecule has 102 valence electrons. The van der Waals surface area contributed by atoms with Crippen molar-refractivity contribution >= 4 is 0 Å². The van der Waals surface area contributed by atoms with E-state index in [4.69, 9.17) is 4.42 Å². The Morgan fingerprint density at radius 1 is 1.16 bits per heavy atom. The van der Waals surface area contributed by atoms with Gasteiger partial charge in [-0.3, -0.25) is 0 Å². The van der Waals surface area contributed by atoms with Crippen LogP contribution in [-0.4, -0.2) is 12.6 Å². The molecule has 1 N–H and O–H groups in total. The Kier molecular flexibility index (Phi) is 5.16. The summed E-state index contributed by atoms with van der Waals surface area (Å²) in [5.74, 6) is 0.801. The number of benzene rings is 1. The van der Waals surface area contributed by atoms with E-state index in [1.54, 1.807) is 12.3 Å². The Bertz CT molecular complexity index is 481. The van der Waals surface area contributed by atoms with Crippen molar-refractivity contribution in [2.75, 3.05) is 6.54 Å². The Hall–Kier alpha value is -1.61. The summed E-state index contributed by atoms with van der Waals surface area (Å²) in [6.45, 7) is 3.06. The number of furan rings is 1. The minimum absolute atomic E-state index is 0.134. The lowest BCUT2D eigenvalue weighted by Gasteiger charge is -2.18. The zero-order valence-corrected chi connectivity index (χ0v) is 11.2. The molecular formula is C16H20FNO. The number of halogens is 1. The highest BCUT2D eigenvalue weighted by molar-refractivity contribution is 5.19. The lowest BCUT2D eigenvalue weighted by Crippen LogP contribution is -2.34. The standard InChI is InChI=1S/C16H20FNO/c1-2-9-18-14(12-15-7-5-10-19-15)11-13-6-3-4-8-16(13)17/h3-8,10,14,18H,2,9,11-12H2,1H3. The van der Waals surface area contributed by atoms with Crippen LogP contribution in [0.3, 0.4) is 0 Å². The third-order valence-electron chi connectivity index (χ3n) is 3.13. The first-order chi connectivity index (χ1) is 9.29. The maximum atomic E-state index is 13.7. The number of rotatable bonds is 7. The van der Waals surface area contributed by atoms with Gasteiger partial charge in [-0.15, -0.1) is 0 Å². The van der Waals surface area contributed by atoms with E-state index in [-0.39, 0.29) is 11.9 Å². The van der Waals surface area contributed by atoms with Crippen LogP contribution in [0.5, 0.6) is 0 Å². The minimum atomic E-state index is -0.134. The molecule has 0 fully saturated rings. The predicted molar refractivity (Wildman–Crippen MR) is 74.6 cm³/mol. The summed E-state index contributed by atoms with van der Waals surface area (Å²) in [5, 5.41) is 3.46. The van der Waals surface area contributed by atoms with Gasteiger partial charge in [0.1, 0.15) is 11.6 Å². The highest BCUT2D eigenvalue weighted by Gasteiger charge is 2.13. The Balaban J connectivity index is 2.03. The molecule has 0 aliphatic rings. The van der Waals surface area contributed by atoms with E-state index in [9.17, 15) is 4.39 Å². The van der Waals surface area contributed by atoms with E-state index in [0.717, 1.165) is 30.7 Å². The summed E-state index contributed by atoms with van der Waals surface area (Å²) in [4.78, 5) is 0. The van der Waals surface area contributed by atoms with Gasteiger partial charge < -0.3 is 9.73 Å². The van der Waals surface area contributed by atoms with Crippen molar-refractivity contribution in [3.8, 4) is 0 Å². The quantitative estimate of drug-likeness (QED) is 0.824. The predicted octanol–water partition coefficient (Wildman–Crippen LogP) is 3.57. The fraction of sp³-hybridized carbons (Fsp3) is 0.375. The molecule has 1 atom stereocenters. The smallest absolute Gasteiger partial charge is 0.126 e. The van der Waals surface area contributed by atoms with Gasteiger partial charge in [0.2, 0.25) is 0 Å². The van der Waals surface area contributed by atoms with E-state index in [1.807, 2.05) is 24.3 Å². The first-order valence-electron chi connectivity index (χ1n) is 6.78. The highest BCUT2D eigenvalue weighted by atomic mass is 19.1. The Morgan fingerprint density at radius 3 is 2.68 bits per heavy atom. The molecule has 19 heavy (non-hydrogen) atoms. The summed E-state index contributed by atoms with van der Waals surface area (Å²) in [7, 11) is 0. The molecule has 0 saturated heterocycles. The molecule has 1 aromatic carbocycles. The van der Waals surface area contributed by atoms with E-state index >= 15 is 0 Å². The molecule has 0 spiro atoms. The van der Waals surface area contributed by atoms with Gasteiger partial charge in [-0.05, 0) is 43.1 Å². The van der Waals surface area contributed by atoms with Crippen molar-refractivity contribution in [2.45, 2.75) is 32.2 Å². The van der Waals surface area contributed by atoms with Crippen LogP contribution in [0.1, 0.15) is 24.7 Å². The second-order valence-electron chi connectivity index (χ2n) is 4.73.